The zero-order valence-electron chi connectivity index (χ0n) is 11.3. The number of anilines is 1. The maximum absolute atomic E-state index is 12.4. The Kier molecular flexibility index (Phi) is 3.87. The third kappa shape index (κ3) is 2.64. The number of nitrogens with one attached hydrogen (secondary N) is 1. The number of carbonyl (C=O) groups is 1. The topological polar surface area (TPSA) is 35.6 Å². The second kappa shape index (κ2) is 5.40. The summed E-state index contributed by atoms with van der Waals surface area (Å²) >= 11 is 0. The van der Waals surface area contributed by atoms with E-state index in [2.05, 4.69) is 12.2 Å². The Balaban J connectivity index is 2.13. The summed E-state index contributed by atoms with van der Waals surface area (Å²) in [7, 11) is 3.99. The van der Waals surface area contributed by atoms with Crippen LogP contribution in [0.25, 0.3) is 0 Å². The Labute approximate surface area is 109 Å². The number of nitrogens with zero attached hydrogens (tertiary/aromatic N) is 2. The third-order valence-electron chi connectivity index (χ3n) is 3.39. The highest BCUT2D eigenvalue weighted by molar-refractivity contribution is 5.94. The lowest BCUT2D eigenvalue weighted by Crippen LogP contribution is -2.52. The first-order chi connectivity index (χ1) is 8.59. The lowest BCUT2D eigenvalue weighted by molar-refractivity contribution is 0.0656. The molecule has 1 saturated heterocycles. The van der Waals surface area contributed by atoms with E-state index < -0.39 is 0 Å². The quantitative estimate of drug-likeness (QED) is 0.852. The van der Waals surface area contributed by atoms with Gasteiger partial charge in [0.1, 0.15) is 0 Å². The molecule has 0 unspecified atom stereocenters. The molecule has 1 amide bonds. The number of hydrogen-bond donors (Lipinski definition) is 1. The zero-order valence-corrected chi connectivity index (χ0v) is 11.3. The molecule has 4 nitrogen and oxygen atoms in total. The molecule has 4 heteroatoms. The van der Waals surface area contributed by atoms with Crippen LogP contribution in [0.1, 0.15) is 17.3 Å². The molecule has 1 atom stereocenters. The van der Waals surface area contributed by atoms with Crippen molar-refractivity contribution in [1.82, 2.24) is 10.2 Å². The summed E-state index contributed by atoms with van der Waals surface area (Å²) in [5.74, 6) is 0.134. The summed E-state index contributed by atoms with van der Waals surface area (Å²) in [6.07, 6.45) is 0. The van der Waals surface area contributed by atoms with Gasteiger partial charge in [-0.25, -0.2) is 0 Å². The highest BCUT2D eigenvalue weighted by atomic mass is 16.2. The van der Waals surface area contributed by atoms with E-state index in [-0.39, 0.29) is 11.9 Å². The molecular weight excluding hydrogens is 226 g/mol. The summed E-state index contributed by atoms with van der Waals surface area (Å²) in [6, 6.07) is 8.05. The van der Waals surface area contributed by atoms with Crippen molar-refractivity contribution >= 4 is 11.6 Å². The Morgan fingerprint density at radius 2 is 2.00 bits per heavy atom. The van der Waals surface area contributed by atoms with Crippen molar-refractivity contribution in [3.05, 3.63) is 29.8 Å². The van der Waals surface area contributed by atoms with Crippen molar-refractivity contribution in [2.75, 3.05) is 38.6 Å². The first-order valence-corrected chi connectivity index (χ1v) is 6.38. The predicted octanol–water partition coefficient (Wildman–Crippen LogP) is 1.19. The van der Waals surface area contributed by atoms with Crippen LogP contribution in [-0.4, -0.2) is 50.6 Å². The smallest absolute Gasteiger partial charge is 0.254 e. The number of piperazine rings is 1. The van der Waals surface area contributed by atoms with E-state index in [0.29, 0.717) is 0 Å². The van der Waals surface area contributed by atoms with Gasteiger partial charge in [0.15, 0.2) is 0 Å². The fourth-order valence-corrected chi connectivity index (χ4v) is 2.21. The van der Waals surface area contributed by atoms with Gasteiger partial charge in [-0.05, 0) is 31.2 Å². The molecule has 0 bridgehead atoms. The number of amides is 1. The lowest BCUT2D eigenvalue weighted by Gasteiger charge is -2.34. The molecule has 1 aromatic carbocycles. The van der Waals surface area contributed by atoms with E-state index in [0.717, 1.165) is 30.9 Å². The molecule has 1 aliphatic rings. The van der Waals surface area contributed by atoms with Crippen LogP contribution in [0.2, 0.25) is 0 Å². The maximum Gasteiger partial charge on any atom is 0.254 e. The van der Waals surface area contributed by atoms with Crippen molar-refractivity contribution in [3.8, 4) is 0 Å². The van der Waals surface area contributed by atoms with E-state index in [4.69, 9.17) is 0 Å². The number of rotatable bonds is 2. The van der Waals surface area contributed by atoms with Gasteiger partial charge in [0.25, 0.3) is 5.91 Å². The largest absolute Gasteiger partial charge is 0.378 e. The van der Waals surface area contributed by atoms with Crippen molar-refractivity contribution in [2.45, 2.75) is 13.0 Å². The minimum absolute atomic E-state index is 0.134. The zero-order chi connectivity index (χ0) is 13.1. The first kappa shape index (κ1) is 12.9. The Bertz CT molecular complexity index is 414. The van der Waals surface area contributed by atoms with Crippen molar-refractivity contribution in [2.24, 2.45) is 0 Å². The second-order valence-corrected chi connectivity index (χ2v) is 4.99. The van der Waals surface area contributed by atoms with Gasteiger partial charge in [-0.2, -0.15) is 0 Å². The van der Waals surface area contributed by atoms with Crippen molar-refractivity contribution in [1.29, 1.82) is 0 Å². The SMILES string of the molecule is C[C@@H]1CNCCN1C(=O)c1ccc(N(C)C)cc1. The Morgan fingerprint density at radius 3 is 2.56 bits per heavy atom. The lowest BCUT2D eigenvalue weighted by atomic mass is 10.1. The highest BCUT2D eigenvalue weighted by Gasteiger charge is 2.23. The van der Waals surface area contributed by atoms with Crippen molar-refractivity contribution < 1.29 is 4.79 Å². The van der Waals surface area contributed by atoms with Crippen molar-refractivity contribution in [3.63, 3.8) is 0 Å². The highest BCUT2D eigenvalue weighted by Crippen LogP contribution is 2.15. The van der Waals surface area contributed by atoms with Gasteiger partial charge in [0.2, 0.25) is 0 Å². The monoisotopic (exact) mass is 247 g/mol. The van der Waals surface area contributed by atoms with E-state index in [9.17, 15) is 4.79 Å². The molecule has 0 radical (unpaired) electrons. The molecule has 0 aromatic heterocycles. The average molecular weight is 247 g/mol. The van der Waals surface area contributed by atoms with Crippen LogP contribution in [0.5, 0.6) is 0 Å². The standard InChI is InChI=1S/C14H21N3O/c1-11-10-15-8-9-17(11)14(18)12-4-6-13(7-5-12)16(2)3/h4-7,11,15H,8-10H2,1-3H3/t11-/m1/s1. The summed E-state index contributed by atoms with van der Waals surface area (Å²) in [5.41, 5.74) is 1.88. The average Bonchev–Trinajstić information content (AvgIpc) is 2.38. The summed E-state index contributed by atoms with van der Waals surface area (Å²) in [6.45, 7) is 4.63. The summed E-state index contributed by atoms with van der Waals surface area (Å²) in [5, 5.41) is 3.29. The normalized spacial score (nSPS) is 19.7. The molecule has 18 heavy (non-hydrogen) atoms. The molecule has 1 fully saturated rings. The van der Waals surface area contributed by atoms with Gasteiger partial charge in [-0.15, -0.1) is 0 Å². The minimum Gasteiger partial charge on any atom is -0.378 e. The predicted molar refractivity (Wildman–Crippen MR) is 74.1 cm³/mol. The van der Waals surface area contributed by atoms with Crippen LogP contribution in [0, 0.1) is 0 Å². The third-order valence-corrected chi connectivity index (χ3v) is 3.39. The van der Waals surface area contributed by atoms with Gasteiger partial charge in [0, 0.05) is 51.0 Å². The Hall–Kier alpha value is -1.55. The molecule has 0 aliphatic carbocycles. The van der Waals surface area contributed by atoms with Gasteiger partial charge >= 0.3 is 0 Å². The molecule has 0 saturated carbocycles. The van der Waals surface area contributed by atoms with Crippen LogP contribution in [-0.2, 0) is 0 Å². The van der Waals surface area contributed by atoms with E-state index >= 15 is 0 Å². The van der Waals surface area contributed by atoms with E-state index in [1.807, 2.05) is 48.2 Å². The minimum atomic E-state index is 0.134. The fourth-order valence-electron chi connectivity index (χ4n) is 2.21. The van der Waals surface area contributed by atoms with E-state index in [1.54, 1.807) is 0 Å². The molecule has 1 aromatic rings. The van der Waals surface area contributed by atoms with Gasteiger partial charge < -0.3 is 15.1 Å². The Morgan fingerprint density at radius 1 is 1.33 bits per heavy atom. The fraction of sp³-hybridized carbons (Fsp3) is 0.500. The summed E-state index contributed by atoms with van der Waals surface area (Å²) in [4.78, 5) is 16.4. The molecule has 1 N–H and O–H groups in total. The van der Waals surface area contributed by atoms with Crippen LogP contribution < -0.4 is 10.2 Å². The van der Waals surface area contributed by atoms with Gasteiger partial charge in [-0.1, -0.05) is 0 Å². The van der Waals surface area contributed by atoms with Gasteiger partial charge in [-0.3, -0.25) is 4.79 Å². The molecule has 0 spiro atoms. The van der Waals surface area contributed by atoms with Crippen LogP contribution >= 0.6 is 0 Å². The van der Waals surface area contributed by atoms with Crippen LogP contribution in [0.3, 0.4) is 0 Å². The molecule has 2 rings (SSSR count). The maximum atomic E-state index is 12.4. The van der Waals surface area contributed by atoms with E-state index in [1.165, 1.54) is 0 Å². The second-order valence-electron chi connectivity index (χ2n) is 4.99. The summed E-state index contributed by atoms with van der Waals surface area (Å²) < 4.78 is 0. The van der Waals surface area contributed by atoms with Crippen LogP contribution in [0.15, 0.2) is 24.3 Å². The molecule has 98 valence electrons. The van der Waals surface area contributed by atoms with Crippen LogP contribution in [0.4, 0.5) is 5.69 Å². The molecule has 1 heterocycles. The van der Waals surface area contributed by atoms with Gasteiger partial charge in [0.05, 0.1) is 0 Å². The number of carbonyl (C=O) groups excluding carboxylic acids is 1. The molecular formula is C14H21N3O. The molecule has 1 aliphatic heterocycles. The number of hydrogen-bond acceptors (Lipinski definition) is 3. The number of benzene rings is 1. The first-order valence-electron chi connectivity index (χ1n) is 6.38.